The Labute approximate surface area is 210 Å². The van der Waals surface area contributed by atoms with Crippen LogP contribution >= 0.6 is 11.9 Å². The third kappa shape index (κ3) is 6.70. The molecule has 0 bridgehead atoms. The van der Waals surface area contributed by atoms with Crippen LogP contribution in [-0.4, -0.2) is 11.0 Å². The van der Waals surface area contributed by atoms with Crippen molar-refractivity contribution >= 4 is 35.0 Å². The molecule has 0 aliphatic rings. The van der Waals surface area contributed by atoms with E-state index in [0.29, 0.717) is 39.6 Å². The lowest BCUT2D eigenvalue weighted by molar-refractivity contribution is -0.137. The smallest absolute Gasteiger partial charge is 0.399 e. The number of carbonyl (C=O) groups is 1. The van der Waals surface area contributed by atoms with Crippen LogP contribution in [0.1, 0.15) is 11.1 Å². The van der Waals surface area contributed by atoms with E-state index in [9.17, 15) is 18.0 Å². The number of amides is 2. The number of pyridine rings is 1. The van der Waals surface area contributed by atoms with Crippen LogP contribution in [0.25, 0.3) is 11.1 Å². The largest absolute Gasteiger partial charge is 0.416 e. The first-order chi connectivity index (χ1) is 17.3. The Morgan fingerprint density at radius 2 is 1.72 bits per heavy atom. The normalized spacial score (nSPS) is 11.1. The monoisotopic (exact) mass is 509 g/mol. The van der Waals surface area contributed by atoms with Crippen molar-refractivity contribution in [2.24, 2.45) is 0 Å². The van der Waals surface area contributed by atoms with Crippen LogP contribution in [0.3, 0.4) is 0 Å². The number of halogens is 3. The van der Waals surface area contributed by atoms with Crippen LogP contribution < -0.4 is 21.1 Å². The van der Waals surface area contributed by atoms with E-state index in [1.807, 2.05) is 6.07 Å². The molecule has 0 fully saturated rings. The van der Waals surface area contributed by atoms with E-state index < -0.39 is 11.7 Å². The second-order valence-corrected chi connectivity index (χ2v) is 8.63. The predicted octanol–water partition coefficient (Wildman–Crippen LogP) is 6.79. The molecule has 0 aliphatic heterocycles. The second-order valence-electron chi connectivity index (χ2n) is 7.78. The zero-order valence-corrected chi connectivity index (χ0v) is 19.7. The van der Waals surface area contributed by atoms with Crippen LogP contribution in [-0.2, 0) is 12.7 Å². The van der Waals surface area contributed by atoms with Gasteiger partial charge in [-0.2, -0.15) is 13.2 Å². The molecule has 184 valence electrons. The number of nitrogen functional groups attached to an aromatic ring is 1. The lowest BCUT2D eigenvalue weighted by Gasteiger charge is -2.15. The summed E-state index contributed by atoms with van der Waals surface area (Å²) >= 11 is 1.06. The Morgan fingerprint density at radius 3 is 2.42 bits per heavy atom. The molecule has 5 N–H and O–H groups in total. The Hall–Kier alpha value is -4.18. The third-order valence-corrected chi connectivity index (χ3v) is 6.00. The fourth-order valence-electron chi connectivity index (χ4n) is 3.32. The molecule has 1 aromatic heterocycles. The summed E-state index contributed by atoms with van der Waals surface area (Å²) in [4.78, 5) is 16.5. The van der Waals surface area contributed by atoms with Crippen molar-refractivity contribution in [2.45, 2.75) is 17.6 Å². The van der Waals surface area contributed by atoms with Crippen molar-refractivity contribution in [2.75, 3.05) is 15.8 Å². The van der Waals surface area contributed by atoms with Crippen LogP contribution in [0.4, 0.5) is 35.0 Å². The maximum absolute atomic E-state index is 13.3. The number of nitrogens with two attached hydrogens (primary N) is 1. The molecule has 36 heavy (non-hydrogen) atoms. The number of hydrogen-bond acceptors (Lipinski definition) is 5. The van der Waals surface area contributed by atoms with E-state index in [0.717, 1.165) is 29.6 Å². The number of alkyl halides is 3. The van der Waals surface area contributed by atoms with Crippen molar-refractivity contribution in [1.82, 2.24) is 10.3 Å². The number of nitrogens with zero attached hydrogens (tertiary/aromatic N) is 1. The summed E-state index contributed by atoms with van der Waals surface area (Å²) in [7, 11) is 0. The first kappa shape index (κ1) is 24.9. The predicted molar refractivity (Wildman–Crippen MR) is 137 cm³/mol. The highest BCUT2D eigenvalue weighted by Gasteiger charge is 2.31. The summed E-state index contributed by atoms with van der Waals surface area (Å²) in [6.07, 6.45) is -1.14. The third-order valence-electron chi connectivity index (χ3n) is 5.10. The molecule has 6 nitrogen and oxygen atoms in total. The molecular formula is C26H22F3N5OS. The minimum Gasteiger partial charge on any atom is -0.399 e. The van der Waals surface area contributed by atoms with E-state index >= 15 is 0 Å². The zero-order chi connectivity index (χ0) is 25.5. The zero-order valence-electron chi connectivity index (χ0n) is 18.8. The van der Waals surface area contributed by atoms with Gasteiger partial charge in [0.15, 0.2) is 0 Å². The summed E-state index contributed by atoms with van der Waals surface area (Å²) < 4.78 is 43.1. The van der Waals surface area contributed by atoms with E-state index in [-0.39, 0.29) is 6.03 Å². The number of carbonyl (C=O) groups excluding carboxylic acids is 1. The minimum absolute atomic E-state index is 0.336. The topological polar surface area (TPSA) is 92.1 Å². The van der Waals surface area contributed by atoms with Crippen LogP contribution in [0.5, 0.6) is 0 Å². The number of hydrogen-bond donors (Lipinski definition) is 4. The van der Waals surface area contributed by atoms with Gasteiger partial charge in [-0.05, 0) is 83.2 Å². The number of urea groups is 1. The van der Waals surface area contributed by atoms with Gasteiger partial charge in [0.05, 0.1) is 5.56 Å². The van der Waals surface area contributed by atoms with Gasteiger partial charge in [0, 0.05) is 40.9 Å². The van der Waals surface area contributed by atoms with Gasteiger partial charge in [-0.15, -0.1) is 0 Å². The number of nitrogens with one attached hydrogen (secondary N) is 3. The van der Waals surface area contributed by atoms with Gasteiger partial charge in [-0.25, -0.2) is 4.79 Å². The van der Waals surface area contributed by atoms with Gasteiger partial charge in [-0.3, -0.25) is 4.98 Å². The molecule has 4 aromatic rings. The first-order valence-corrected chi connectivity index (χ1v) is 11.6. The molecule has 1 heterocycles. The van der Waals surface area contributed by atoms with Crippen molar-refractivity contribution in [1.29, 1.82) is 0 Å². The lowest BCUT2D eigenvalue weighted by Crippen LogP contribution is -2.28. The van der Waals surface area contributed by atoms with Crippen molar-refractivity contribution in [3.8, 4) is 11.1 Å². The molecule has 0 saturated heterocycles. The number of anilines is 3. The average Bonchev–Trinajstić information content (AvgIpc) is 2.87. The molecule has 0 spiro atoms. The molecule has 0 atom stereocenters. The van der Waals surface area contributed by atoms with Gasteiger partial charge in [-0.1, -0.05) is 24.3 Å². The van der Waals surface area contributed by atoms with Gasteiger partial charge in [0.1, 0.15) is 0 Å². The molecule has 0 saturated carbocycles. The second kappa shape index (κ2) is 11.0. The molecule has 3 aromatic carbocycles. The molecule has 0 unspecified atom stereocenters. The van der Waals surface area contributed by atoms with Crippen molar-refractivity contribution in [3.63, 3.8) is 0 Å². The summed E-state index contributed by atoms with van der Waals surface area (Å²) in [6.45, 7) is 0.336. The first-order valence-electron chi connectivity index (χ1n) is 10.8. The van der Waals surface area contributed by atoms with Gasteiger partial charge in [0.25, 0.3) is 0 Å². The van der Waals surface area contributed by atoms with Gasteiger partial charge >= 0.3 is 12.2 Å². The van der Waals surface area contributed by atoms with Gasteiger partial charge in [0.2, 0.25) is 0 Å². The average molecular weight is 510 g/mol. The highest BCUT2D eigenvalue weighted by Crippen LogP contribution is 2.38. The van der Waals surface area contributed by atoms with E-state index in [2.05, 4.69) is 20.3 Å². The number of rotatable bonds is 7. The highest BCUT2D eigenvalue weighted by molar-refractivity contribution is 8.00. The molecule has 0 aliphatic carbocycles. The van der Waals surface area contributed by atoms with Crippen molar-refractivity contribution < 1.29 is 18.0 Å². The Bertz CT molecular complexity index is 1330. The Kier molecular flexibility index (Phi) is 7.65. The van der Waals surface area contributed by atoms with Crippen LogP contribution in [0.15, 0.2) is 96.2 Å². The standard InChI is InChI=1S/C26H22F3N5OS/c27-26(28,29)19-6-11-23(18-4-1-5-20(30)13-18)24(14-19)36-34-22-9-7-21(8-10-22)33-25(35)32-16-17-3-2-12-31-15-17/h1-15,34H,16,30H2,(H2,32,33,35). The highest BCUT2D eigenvalue weighted by atomic mass is 32.2. The summed E-state index contributed by atoms with van der Waals surface area (Å²) in [5.74, 6) is 0. The fourth-order valence-corrected chi connectivity index (χ4v) is 4.17. The van der Waals surface area contributed by atoms with Crippen molar-refractivity contribution in [3.05, 3.63) is 102 Å². The maximum Gasteiger partial charge on any atom is 0.416 e. The van der Waals surface area contributed by atoms with Crippen LogP contribution in [0, 0.1) is 0 Å². The Balaban J connectivity index is 1.42. The minimum atomic E-state index is -4.46. The van der Waals surface area contributed by atoms with Gasteiger partial charge < -0.3 is 21.1 Å². The lowest BCUT2D eigenvalue weighted by atomic mass is 10.0. The number of benzene rings is 3. The molecule has 0 radical (unpaired) electrons. The molecular weight excluding hydrogens is 487 g/mol. The fraction of sp³-hybridized carbons (Fsp3) is 0.0769. The molecule has 10 heteroatoms. The summed E-state index contributed by atoms with van der Waals surface area (Å²) in [5, 5.41) is 5.47. The maximum atomic E-state index is 13.3. The Morgan fingerprint density at radius 1 is 0.944 bits per heavy atom. The van der Waals surface area contributed by atoms with E-state index in [1.54, 1.807) is 67.0 Å². The SMILES string of the molecule is Nc1cccc(-c2ccc(C(F)(F)F)cc2SNc2ccc(NC(=O)NCc3cccnc3)cc2)c1. The summed E-state index contributed by atoms with van der Waals surface area (Å²) in [5.41, 5.74) is 9.07. The van der Waals surface area contributed by atoms with Crippen LogP contribution in [0.2, 0.25) is 0 Å². The summed E-state index contributed by atoms with van der Waals surface area (Å²) in [6, 6.07) is 20.7. The molecule has 2 amide bonds. The quantitative estimate of drug-likeness (QED) is 0.163. The molecule has 4 rings (SSSR count). The number of aromatic nitrogens is 1. The van der Waals surface area contributed by atoms with E-state index in [1.165, 1.54) is 6.07 Å². The van der Waals surface area contributed by atoms with E-state index in [4.69, 9.17) is 5.73 Å².